The quantitative estimate of drug-likeness (QED) is 0.146. The standard InChI is InChI=1S/C25H25N3PS.HI/c1-28(2)20-27-25(30-3)24(19-26)29(21-13-7-4-8-14-21,22-15-9-5-10-16-22)23-17-11-6-12-18-23;/h4-18,20H,1-3H3;1H/q+1;/p-1. The average molecular weight is 557 g/mol. The Bertz CT molecular complexity index is 966. The van der Waals surface area contributed by atoms with E-state index in [1.807, 2.05) is 79.8 Å². The average Bonchev–Trinajstić information content (AvgIpc) is 2.80. The van der Waals surface area contributed by atoms with Crippen molar-refractivity contribution in [2.45, 2.75) is 0 Å². The first-order valence-corrected chi connectivity index (χ1v) is 12.6. The van der Waals surface area contributed by atoms with Gasteiger partial charge in [-0.25, -0.2) is 4.99 Å². The second-order valence-electron chi connectivity index (χ2n) is 6.86. The number of halogens is 1. The van der Waals surface area contributed by atoms with Gasteiger partial charge >= 0.3 is 0 Å². The van der Waals surface area contributed by atoms with Gasteiger partial charge in [-0.15, -0.1) is 11.8 Å². The van der Waals surface area contributed by atoms with Gasteiger partial charge in [-0.3, -0.25) is 0 Å². The van der Waals surface area contributed by atoms with Crippen LogP contribution in [0, 0.1) is 11.3 Å². The molecule has 0 saturated heterocycles. The highest BCUT2D eigenvalue weighted by Gasteiger charge is 2.51. The summed E-state index contributed by atoms with van der Waals surface area (Å²) in [6, 6.07) is 33.8. The Kier molecular flexibility index (Phi) is 9.77. The van der Waals surface area contributed by atoms with Crippen LogP contribution in [0.2, 0.25) is 0 Å². The number of nitriles is 1. The van der Waals surface area contributed by atoms with E-state index in [0.717, 1.165) is 26.3 Å². The van der Waals surface area contributed by atoms with Crippen LogP contribution in [-0.2, 0) is 0 Å². The van der Waals surface area contributed by atoms with Crippen LogP contribution in [0.4, 0.5) is 0 Å². The lowest BCUT2D eigenvalue weighted by Gasteiger charge is -2.27. The predicted molar refractivity (Wildman–Crippen MR) is 133 cm³/mol. The maximum Gasteiger partial charge on any atom is 0.217 e. The zero-order valence-corrected chi connectivity index (χ0v) is 21.7. The third-order valence-corrected chi connectivity index (χ3v) is 9.72. The van der Waals surface area contributed by atoms with Crippen molar-refractivity contribution in [1.29, 1.82) is 5.26 Å². The van der Waals surface area contributed by atoms with Crippen molar-refractivity contribution in [2.75, 3.05) is 20.4 Å². The number of hydrogen-bond acceptors (Lipinski definition) is 3. The van der Waals surface area contributed by atoms with Crippen molar-refractivity contribution < 1.29 is 24.0 Å². The van der Waals surface area contributed by atoms with Gasteiger partial charge in [-0.2, -0.15) is 5.26 Å². The van der Waals surface area contributed by atoms with Gasteiger partial charge in [-0.1, -0.05) is 54.6 Å². The number of benzene rings is 3. The molecule has 3 rings (SSSR count). The summed E-state index contributed by atoms with van der Waals surface area (Å²) < 4.78 is 0. The number of hydrogen-bond donors (Lipinski definition) is 0. The fourth-order valence-corrected chi connectivity index (χ4v) is 8.53. The fourth-order valence-electron chi connectivity index (χ4n) is 3.43. The minimum absolute atomic E-state index is 0. The molecule has 31 heavy (non-hydrogen) atoms. The van der Waals surface area contributed by atoms with E-state index in [1.165, 1.54) is 11.8 Å². The van der Waals surface area contributed by atoms with Gasteiger partial charge in [0.2, 0.25) is 5.31 Å². The van der Waals surface area contributed by atoms with Gasteiger partial charge in [-0.05, 0) is 42.7 Å². The van der Waals surface area contributed by atoms with Gasteiger partial charge in [0, 0.05) is 14.1 Å². The molecule has 3 aromatic rings. The van der Waals surface area contributed by atoms with E-state index in [2.05, 4.69) is 42.5 Å². The second-order valence-corrected chi connectivity index (χ2v) is 11.0. The number of nitrogens with zero attached hydrogens (tertiary/aromatic N) is 3. The van der Waals surface area contributed by atoms with Crippen LogP contribution in [0.15, 0.2) is 106 Å². The highest BCUT2D eigenvalue weighted by atomic mass is 127. The summed E-state index contributed by atoms with van der Waals surface area (Å²) in [6.07, 6.45) is 3.74. The Morgan fingerprint density at radius 2 is 1.23 bits per heavy atom. The Labute approximate surface area is 207 Å². The van der Waals surface area contributed by atoms with E-state index in [0.29, 0.717) is 0 Å². The van der Waals surface area contributed by atoms with Crippen LogP contribution in [0.25, 0.3) is 0 Å². The maximum atomic E-state index is 10.5. The molecule has 6 heteroatoms. The van der Waals surface area contributed by atoms with Gasteiger partial charge in [0.1, 0.15) is 22.0 Å². The number of thioether (sulfide) groups is 1. The van der Waals surface area contributed by atoms with Gasteiger partial charge < -0.3 is 28.9 Å². The van der Waals surface area contributed by atoms with Crippen LogP contribution in [0.1, 0.15) is 0 Å². The smallest absolute Gasteiger partial charge is 0.217 e. The Morgan fingerprint density at radius 1 is 0.839 bits per heavy atom. The number of rotatable bonds is 7. The van der Waals surface area contributed by atoms with Gasteiger partial charge in [0.05, 0.1) is 6.34 Å². The third-order valence-electron chi connectivity index (χ3n) is 4.67. The molecule has 0 saturated carbocycles. The molecule has 0 aliphatic rings. The second kappa shape index (κ2) is 12.0. The van der Waals surface area contributed by atoms with Crippen LogP contribution >= 0.6 is 19.0 Å². The van der Waals surface area contributed by atoms with E-state index in [1.54, 1.807) is 6.34 Å². The topological polar surface area (TPSA) is 39.4 Å². The van der Waals surface area contributed by atoms with E-state index in [4.69, 9.17) is 4.99 Å². The van der Waals surface area contributed by atoms with Crippen LogP contribution < -0.4 is 39.9 Å². The molecule has 0 aromatic heterocycles. The van der Waals surface area contributed by atoms with Gasteiger partial charge in [0.15, 0.2) is 12.3 Å². The molecule has 0 N–H and O–H groups in total. The Hall–Kier alpha value is -2.13. The fraction of sp³-hybridized carbons (Fsp3) is 0.120. The zero-order chi connectivity index (χ0) is 21.4. The molecule has 3 aromatic carbocycles. The largest absolute Gasteiger partial charge is 1.00 e. The zero-order valence-electron chi connectivity index (χ0n) is 17.8. The molecule has 0 amide bonds. The molecular weight excluding hydrogens is 532 g/mol. The maximum absolute atomic E-state index is 10.5. The molecule has 3 nitrogen and oxygen atoms in total. The van der Waals surface area contributed by atoms with Crippen molar-refractivity contribution in [3.63, 3.8) is 0 Å². The van der Waals surface area contributed by atoms with E-state index in [9.17, 15) is 5.26 Å². The molecular formula is C25H25IN3PS. The highest BCUT2D eigenvalue weighted by Crippen LogP contribution is 2.63. The normalized spacial score (nSPS) is 11.9. The minimum atomic E-state index is -2.43. The molecule has 0 atom stereocenters. The van der Waals surface area contributed by atoms with E-state index < -0.39 is 7.26 Å². The summed E-state index contributed by atoms with van der Waals surface area (Å²) >= 11 is 1.52. The molecule has 0 heterocycles. The first-order chi connectivity index (χ1) is 14.6. The Morgan fingerprint density at radius 3 is 1.52 bits per heavy atom. The first-order valence-electron chi connectivity index (χ1n) is 9.60. The summed E-state index contributed by atoms with van der Waals surface area (Å²) in [5.74, 6) is 0. The Balaban J connectivity index is 0.00000341. The lowest BCUT2D eigenvalue weighted by Crippen LogP contribution is -3.00. The summed E-state index contributed by atoms with van der Waals surface area (Å²) in [5, 5.41) is 15.4. The van der Waals surface area contributed by atoms with Crippen molar-refractivity contribution in [3.05, 3.63) is 101 Å². The van der Waals surface area contributed by atoms with Crippen molar-refractivity contribution in [1.82, 2.24) is 4.90 Å². The molecule has 158 valence electrons. The van der Waals surface area contributed by atoms with Gasteiger partial charge in [0.25, 0.3) is 0 Å². The molecule has 0 aliphatic heterocycles. The molecule has 0 spiro atoms. The predicted octanol–water partition coefficient (Wildman–Crippen LogP) is 1.63. The summed E-state index contributed by atoms with van der Waals surface area (Å²) in [6.45, 7) is 0. The summed E-state index contributed by atoms with van der Waals surface area (Å²) in [7, 11) is 1.43. The third kappa shape index (κ3) is 5.38. The van der Waals surface area contributed by atoms with E-state index >= 15 is 0 Å². The minimum Gasteiger partial charge on any atom is -1.00 e. The SMILES string of the molecule is CSC(N=CN(C)C)=C(C#N)[P+](c1ccccc1)(c1ccccc1)c1ccccc1.[I-]. The lowest BCUT2D eigenvalue weighted by atomic mass is 10.4. The lowest BCUT2D eigenvalue weighted by molar-refractivity contribution is -0.00000616. The monoisotopic (exact) mass is 557 g/mol. The number of aliphatic imine (C=N–C) groups is 1. The van der Waals surface area contributed by atoms with Crippen molar-refractivity contribution in [2.24, 2.45) is 4.99 Å². The molecule has 0 aliphatic carbocycles. The summed E-state index contributed by atoms with van der Waals surface area (Å²) in [5.41, 5.74) is 0. The van der Waals surface area contributed by atoms with E-state index in [-0.39, 0.29) is 24.0 Å². The van der Waals surface area contributed by atoms with Crippen molar-refractivity contribution >= 4 is 41.3 Å². The number of allylic oxidation sites excluding steroid dienone is 1. The van der Waals surface area contributed by atoms with Crippen LogP contribution in [-0.4, -0.2) is 31.6 Å². The molecule has 0 radical (unpaired) electrons. The molecule has 0 fully saturated rings. The molecule has 0 unspecified atom stereocenters. The van der Waals surface area contributed by atoms with Crippen LogP contribution in [0.3, 0.4) is 0 Å². The van der Waals surface area contributed by atoms with Crippen LogP contribution in [0.5, 0.6) is 0 Å². The molecule has 0 bridgehead atoms. The highest BCUT2D eigenvalue weighted by molar-refractivity contribution is 8.04. The van der Waals surface area contributed by atoms with Crippen molar-refractivity contribution in [3.8, 4) is 6.07 Å². The first kappa shape index (κ1) is 25.1. The summed E-state index contributed by atoms with van der Waals surface area (Å²) in [4.78, 5) is 6.59.